The molecule has 0 bridgehead atoms. The van der Waals surface area contributed by atoms with E-state index in [0.717, 1.165) is 5.56 Å². The van der Waals surface area contributed by atoms with E-state index in [2.05, 4.69) is 16.4 Å². The molecule has 4 nitrogen and oxygen atoms in total. The predicted molar refractivity (Wildman–Crippen MR) is 100 cm³/mol. The minimum atomic E-state index is -0.456. The van der Waals surface area contributed by atoms with Crippen LogP contribution in [0.5, 0.6) is 0 Å². The molecule has 3 rings (SSSR count). The van der Waals surface area contributed by atoms with Crippen molar-refractivity contribution in [3.05, 3.63) is 80.8 Å². The van der Waals surface area contributed by atoms with Gasteiger partial charge in [0.1, 0.15) is 4.88 Å². The number of benzene rings is 2. The van der Waals surface area contributed by atoms with E-state index in [-0.39, 0.29) is 5.91 Å². The van der Waals surface area contributed by atoms with Crippen LogP contribution < -0.4 is 5.32 Å². The fourth-order valence-electron chi connectivity index (χ4n) is 2.52. The quantitative estimate of drug-likeness (QED) is 0.704. The van der Waals surface area contributed by atoms with Gasteiger partial charge in [-0.1, -0.05) is 48.0 Å². The van der Waals surface area contributed by atoms with Crippen LogP contribution in [0, 0.1) is 18.3 Å². The first kappa shape index (κ1) is 17.2. The second kappa shape index (κ2) is 7.47. The SMILES string of the molecule is Cc1ncsc1C(=O)Nc1ccc(C(C#N)c2ccccc2)c(Cl)c1. The highest BCUT2D eigenvalue weighted by Gasteiger charge is 2.18. The van der Waals surface area contributed by atoms with Gasteiger partial charge < -0.3 is 5.32 Å². The number of anilines is 1. The minimum absolute atomic E-state index is 0.219. The molecule has 0 saturated heterocycles. The van der Waals surface area contributed by atoms with Gasteiger partial charge in [0.25, 0.3) is 5.91 Å². The van der Waals surface area contributed by atoms with Crippen molar-refractivity contribution in [2.75, 3.05) is 5.32 Å². The van der Waals surface area contributed by atoms with Gasteiger partial charge in [0.2, 0.25) is 0 Å². The molecule has 124 valence electrons. The van der Waals surface area contributed by atoms with Gasteiger partial charge in [-0.2, -0.15) is 5.26 Å². The monoisotopic (exact) mass is 367 g/mol. The van der Waals surface area contributed by atoms with Crippen LogP contribution in [0.25, 0.3) is 0 Å². The van der Waals surface area contributed by atoms with Gasteiger partial charge in [0.15, 0.2) is 0 Å². The number of hydrogen-bond donors (Lipinski definition) is 1. The Morgan fingerprint density at radius 2 is 2.04 bits per heavy atom. The molecule has 1 atom stereocenters. The zero-order chi connectivity index (χ0) is 17.8. The lowest BCUT2D eigenvalue weighted by Crippen LogP contribution is -2.11. The van der Waals surface area contributed by atoms with Crippen LogP contribution >= 0.6 is 22.9 Å². The Morgan fingerprint density at radius 3 is 2.64 bits per heavy atom. The number of rotatable bonds is 4. The Balaban J connectivity index is 1.85. The third-order valence-electron chi connectivity index (χ3n) is 3.78. The number of carbonyl (C=O) groups is 1. The molecule has 3 aromatic rings. The summed E-state index contributed by atoms with van der Waals surface area (Å²) in [5.41, 5.74) is 4.50. The number of nitriles is 1. The van der Waals surface area contributed by atoms with Crippen molar-refractivity contribution in [3.63, 3.8) is 0 Å². The third kappa shape index (κ3) is 3.71. The van der Waals surface area contributed by atoms with Gasteiger partial charge >= 0.3 is 0 Å². The Hall–Kier alpha value is -2.68. The van der Waals surface area contributed by atoms with Crippen LogP contribution in [-0.4, -0.2) is 10.9 Å². The number of thiazole rings is 1. The largest absolute Gasteiger partial charge is 0.321 e. The summed E-state index contributed by atoms with van der Waals surface area (Å²) in [6.45, 7) is 1.79. The fourth-order valence-corrected chi connectivity index (χ4v) is 3.50. The van der Waals surface area contributed by atoms with E-state index in [9.17, 15) is 10.1 Å². The lowest BCUT2D eigenvalue weighted by Gasteiger charge is -2.13. The normalized spacial score (nSPS) is 11.6. The van der Waals surface area contributed by atoms with Crippen molar-refractivity contribution in [1.29, 1.82) is 5.26 Å². The van der Waals surface area contributed by atoms with E-state index >= 15 is 0 Å². The molecule has 1 amide bonds. The van der Waals surface area contributed by atoms with E-state index in [1.165, 1.54) is 11.3 Å². The number of halogens is 1. The van der Waals surface area contributed by atoms with Crippen molar-refractivity contribution in [2.45, 2.75) is 12.8 Å². The third-order valence-corrected chi connectivity index (χ3v) is 5.04. The molecular formula is C19H14ClN3OS. The first-order valence-electron chi connectivity index (χ1n) is 7.55. The molecule has 6 heteroatoms. The maximum Gasteiger partial charge on any atom is 0.267 e. The minimum Gasteiger partial charge on any atom is -0.321 e. The van der Waals surface area contributed by atoms with Crippen LogP contribution in [0.1, 0.15) is 32.4 Å². The molecule has 0 aliphatic heterocycles. The van der Waals surface area contributed by atoms with E-state index in [4.69, 9.17) is 11.6 Å². The smallest absolute Gasteiger partial charge is 0.267 e. The summed E-state index contributed by atoms with van der Waals surface area (Å²) >= 11 is 7.67. The predicted octanol–water partition coefficient (Wildman–Crippen LogP) is 5.01. The molecule has 0 spiro atoms. The van der Waals surface area contributed by atoms with Crippen molar-refractivity contribution < 1.29 is 4.79 Å². The summed E-state index contributed by atoms with van der Waals surface area (Å²) in [6, 6.07) is 17.0. The number of hydrogen-bond acceptors (Lipinski definition) is 4. The van der Waals surface area contributed by atoms with Crippen LogP contribution in [0.4, 0.5) is 5.69 Å². The highest BCUT2D eigenvalue weighted by Crippen LogP contribution is 2.32. The maximum atomic E-state index is 12.3. The fraction of sp³-hybridized carbons (Fsp3) is 0.105. The molecule has 1 N–H and O–H groups in total. The summed E-state index contributed by atoms with van der Waals surface area (Å²) in [7, 11) is 0. The van der Waals surface area contributed by atoms with Gasteiger partial charge in [-0.3, -0.25) is 4.79 Å². The number of carbonyl (C=O) groups excluding carboxylic acids is 1. The molecule has 0 aliphatic carbocycles. The average molecular weight is 368 g/mol. The highest BCUT2D eigenvalue weighted by atomic mass is 35.5. The van der Waals surface area contributed by atoms with Crippen LogP contribution in [0.15, 0.2) is 54.0 Å². The zero-order valence-electron chi connectivity index (χ0n) is 13.4. The lowest BCUT2D eigenvalue weighted by atomic mass is 9.92. The van der Waals surface area contributed by atoms with Crippen LogP contribution in [0.3, 0.4) is 0 Å². The molecule has 0 radical (unpaired) electrons. The summed E-state index contributed by atoms with van der Waals surface area (Å²) in [5.74, 6) is -0.675. The van der Waals surface area contributed by atoms with E-state index in [1.54, 1.807) is 30.6 Å². The molecule has 1 unspecified atom stereocenters. The maximum absolute atomic E-state index is 12.3. The Morgan fingerprint density at radius 1 is 1.28 bits per heavy atom. The first-order valence-corrected chi connectivity index (χ1v) is 8.81. The second-order valence-corrected chi connectivity index (χ2v) is 6.69. The number of amides is 1. The lowest BCUT2D eigenvalue weighted by molar-refractivity contribution is 0.103. The zero-order valence-corrected chi connectivity index (χ0v) is 14.9. The topological polar surface area (TPSA) is 65.8 Å². The standard InChI is InChI=1S/C19H14ClN3OS/c1-12-18(25-11-22-12)19(24)23-14-7-8-15(17(20)9-14)16(10-21)13-5-3-2-4-6-13/h2-9,11,16H,1H3,(H,23,24). The van der Waals surface area contributed by atoms with E-state index in [0.29, 0.717) is 26.8 Å². The van der Waals surface area contributed by atoms with Crippen molar-refractivity contribution in [3.8, 4) is 6.07 Å². The average Bonchev–Trinajstić information content (AvgIpc) is 3.04. The molecule has 1 aromatic heterocycles. The van der Waals surface area contributed by atoms with Gasteiger partial charge in [-0.25, -0.2) is 4.98 Å². The van der Waals surface area contributed by atoms with Crippen molar-refractivity contribution in [1.82, 2.24) is 4.98 Å². The molecule has 0 fully saturated rings. The van der Waals surface area contributed by atoms with Gasteiger partial charge in [-0.05, 0) is 30.2 Å². The van der Waals surface area contributed by atoms with Crippen molar-refractivity contribution >= 4 is 34.5 Å². The highest BCUT2D eigenvalue weighted by molar-refractivity contribution is 7.12. The summed E-state index contributed by atoms with van der Waals surface area (Å²) in [5, 5.41) is 12.8. The molecule has 0 saturated carbocycles. The molecular weight excluding hydrogens is 354 g/mol. The summed E-state index contributed by atoms with van der Waals surface area (Å²) in [6.07, 6.45) is 0. The molecule has 25 heavy (non-hydrogen) atoms. The number of aryl methyl sites for hydroxylation is 1. The summed E-state index contributed by atoms with van der Waals surface area (Å²) in [4.78, 5) is 16.9. The number of aromatic nitrogens is 1. The Kier molecular flexibility index (Phi) is 5.13. The van der Waals surface area contributed by atoms with Gasteiger partial charge in [0.05, 0.1) is 23.2 Å². The Bertz CT molecular complexity index is 947. The molecule has 1 heterocycles. The van der Waals surface area contributed by atoms with Gasteiger partial charge in [-0.15, -0.1) is 11.3 Å². The molecule has 0 aliphatic rings. The Labute approximate surface area is 154 Å². The molecule has 2 aromatic carbocycles. The van der Waals surface area contributed by atoms with E-state index in [1.807, 2.05) is 30.3 Å². The van der Waals surface area contributed by atoms with E-state index < -0.39 is 5.92 Å². The van der Waals surface area contributed by atoms with Gasteiger partial charge in [0, 0.05) is 10.7 Å². The van der Waals surface area contributed by atoms with Crippen molar-refractivity contribution in [2.24, 2.45) is 0 Å². The number of nitrogens with one attached hydrogen (secondary N) is 1. The van der Waals surface area contributed by atoms with Crippen LogP contribution in [0.2, 0.25) is 5.02 Å². The first-order chi connectivity index (χ1) is 12.1. The second-order valence-electron chi connectivity index (χ2n) is 5.43. The number of nitrogens with zero attached hydrogens (tertiary/aromatic N) is 2. The van der Waals surface area contributed by atoms with Crippen LogP contribution in [-0.2, 0) is 0 Å². The summed E-state index contributed by atoms with van der Waals surface area (Å²) < 4.78 is 0.